The Labute approximate surface area is 196 Å². The third-order valence-corrected chi connectivity index (χ3v) is 5.23. The topological polar surface area (TPSA) is 92.4 Å². The fraction of sp³-hybridized carbons (Fsp3) is 0.619. The number of nitrogens with zero attached hydrogens (tertiary/aromatic N) is 3. The number of likely N-dealkylation sites (tertiary alicyclic amines) is 1. The Bertz CT molecular complexity index is 697. The van der Waals surface area contributed by atoms with E-state index in [0.29, 0.717) is 18.2 Å². The average molecular weight is 531 g/mol. The predicted molar refractivity (Wildman–Crippen MR) is 128 cm³/mol. The fourth-order valence-corrected chi connectivity index (χ4v) is 3.80. The zero-order valence-corrected chi connectivity index (χ0v) is 20.0. The summed E-state index contributed by atoms with van der Waals surface area (Å²) in [5, 5.41) is 3.42. The largest absolute Gasteiger partial charge is 0.484 e. The summed E-state index contributed by atoms with van der Waals surface area (Å²) in [4.78, 5) is 20.6. The van der Waals surface area contributed by atoms with Crippen LogP contribution in [0.4, 0.5) is 0 Å². The first-order valence-electron chi connectivity index (χ1n) is 10.5. The number of aliphatic imine (C=N–C) groups is 1. The Hall–Kier alpha value is -1.59. The van der Waals surface area contributed by atoms with Crippen LogP contribution >= 0.6 is 24.0 Å². The number of amides is 1. The third kappa shape index (κ3) is 7.92. The summed E-state index contributed by atoms with van der Waals surface area (Å²) in [6.07, 6.45) is 1.19. The molecule has 0 aromatic heterocycles. The molecule has 9 heteroatoms. The lowest BCUT2D eigenvalue weighted by Gasteiger charge is -2.29. The van der Waals surface area contributed by atoms with Crippen LogP contribution in [-0.4, -0.2) is 80.8 Å². The minimum atomic E-state index is -0.483. The summed E-state index contributed by atoms with van der Waals surface area (Å²) in [5.74, 6) is 1.78. The number of guanidine groups is 1. The number of benzene rings is 1. The molecule has 3 rings (SSSR count). The van der Waals surface area contributed by atoms with Gasteiger partial charge >= 0.3 is 0 Å². The quantitative estimate of drug-likeness (QED) is 0.299. The van der Waals surface area contributed by atoms with Gasteiger partial charge in [-0.1, -0.05) is 12.1 Å². The van der Waals surface area contributed by atoms with Crippen molar-refractivity contribution < 1.29 is 14.3 Å². The highest BCUT2D eigenvalue weighted by atomic mass is 127. The van der Waals surface area contributed by atoms with E-state index in [-0.39, 0.29) is 30.6 Å². The molecular formula is C21H34IN5O3. The van der Waals surface area contributed by atoms with Crippen molar-refractivity contribution in [3.05, 3.63) is 29.8 Å². The number of hydrogen-bond acceptors (Lipinski definition) is 5. The molecule has 2 saturated heterocycles. The van der Waals surface area contributed by atoms with Gasteiger partial charge in [-0.15, -0.1) is 24.0 Å². The molecule has 0 bridgehead atoms. The highest BCUT2D eigenvalue weighted by Gasteiger charge is 2.27. The molecule has 1 unspecified atom stereocenters. The van der Waals surface area contributed by atoms with Crippen molar-refractivity contribution in [2.24, 2.45) is 16.6 Å². The van der Waals surface area contributed by atoms with E-state index in [9.17, 15) is 4.79 Å². The number of ether oxygens (including phenoxy) is 2. The molecule has 168 valence electrons. The molecule has 0 spiro atoms. The lowest BCUT2D eigenvalue weighted by atomic mass is 10.1. The van der Waals surface area contributed by atoms with Crippen LogP contribution in [0.2, 0.25) is 0 Å². The highest BCUT2D eigenvalue weighted by Crippen LogP contribution is 2.19. The molecule has 0 radical (unpaired) electrons. The van der Waals surface area contributed by atoms with Gasteiger partial charge in [0.15, 0.2) is 12.6 Å². The van der Waals surface area contributed by atoms with Crippen LogP contribution in [0.15, 0.2) is 29.3 Å². The number of halogens is 1. The average Bonchev–Trinajstić information content (AvgIpc) is 3.19. The van der Waals surface area contributed by atoms with Gasteiger partial charge in [0, 0.05) is 39.3 Å². The van der Waals surface area contributed by atoms with Crippen LogP contribution in [-0.2, 0) is 16.1 Å². The third-order valence-electron chi connectivity index (χ3n) is 5.23. The summed E-state index contributed by atoms with van der Waals surface area (Å²) in [6.45, 7) is 10.4. The monoisotopic (exact) mass is 531 g/mol. The summed E-state index contributed by atoms with van der Waals surface area (Å²) < 4.78 is 10.8. The van der Waals surface area contributed by atoms with Gasteiger partial charge in [0.25, 0.3) is 5.91 Å². The molecule has 1 aromatic rings. The van der Waals surface area contributed by atoms with E-state index in [2.05, 4.69) is 22.0 Å². The molecule has 1 atom stereocenters. The van der Waals surface area contributed by atoms with E-state index in [1.807, 2.05) is 24.3 Å². The Balaban J connectivity index is 0.00000320. The molecule has 1 aromatic carbocycles. The molecule has 2 heterocycles. The Kier molecular flexibility index (Phi) is 10.7. The first-order valence-corrected chi connectivity index (χ1v) is 10.5. The number of carbonyl (C=O) groups is 1. The normalized spacial score (nSPS) is 20.0. The van der Waals surface area contributed by atoms with Crippen molar-refractivity contribution in [2.45, 2.75) is 19.9 Å². The van der Waals surface area contributed by atoms with E-state index in [4.69, 9.17) is 20.2 Å². The van der Waals surface area contributed by atoms with Crippen molar-refractivity contribution in [1.82, 2.24) is 15.1 Å². The second kappa shape index (κ2) is 13.0. The van der Waals surface area contributed by atoms with Gasteiger partial charge in [-0.25, -0.2) is 4.99 Å². The van der Waals surface area contributed by atoms with E-state index in [1.54, 1.807) is 0 Å². The van der Waals surface area contributed by atoms with Crippen LogP contribution in [0.25, 0.3) is 0 Å². The summed E-state index contributed by atoms with van der Waals surface area (Å²) in [5.41, 5.74) is 6.18. The van der Waals surface area contributed by atoms with Gasteiger partial charge in [-0.3, -0.25) is 9.69 Å². The number of carbonyl (C=O) groups excluding carboxylic acids is 1. The zero-order chi connectivity index (χ0) is 20.5. The van der Waals surface area contributed by atoms with Gasteiger partial charge in [0.1, 0.15) is 5.75 Å². The van der Waals surface area contributed by atoms with Crippen LogP contribution in [0.3, 0.4) is 0 Å². The van der Waals surface area contributed by atoms with Gasteiger partial charge in [-0.05, 0) is 37.0 Å². The molecule has 30 heavy (non-hydrogen) atoms. The number of primary amides is 1. The SMILES string of the molecule is CCNC(=NCc1cccc(OCC(N)=O)c1)N1CCC(CN2CCOCC2)C1.I. The Morgan fingerprint density at radius 3 is 2.87 bits per heavy atom. The van der Waals surface area contributed by atoms with Crippen LogP contribution < -0.4 is 15.8 Å². The number of hydrogen-bond donors (Lipinski definition) is 2. The number of rotatable bonds is 8. The number of nitrogens with two attached hydrogens (primary N) is 1. The minimum Gasteiger partial charge on any atom is -0.484 e. The van der Waals surface area contributed by atoms with Crippen LogP contribution in [0.5, 0.6) is 5.75 Å². The maximum Gasteiger partial charge on any atom is 0.255 e. The second-order valence-electron chi connectivity index (χ2n) is 7.59. The van der Waals surface area contributed by atoms with Gasteiger partial charge in [-0.2, -0.15) is 0 Å². The van der Waals surface area contributed by atoms with E-state index in [0.717, 1.165) is 64.0 Å². The predicted octanol–water partition coefficient (Wildman–Crippen LogP) is 1.29. The van der Waals surface area contributed by atoms with Crippen molar-refractivity contribution in [1.29, 1.82) is 0 Å². The van der Waals surface area contributed by atoms with E-state index < -0.39 is 5.91 Å². The van der Waals surface area contributed by atoms with E-state index in [1.165, 1.54) is 6.42 Å². The molecule has 2 aliphatic rings. The lowest BCUT2D eigenvalue weighted by Crippen LogP contribution is -2.42. The van der Waals surface area contributed by atoms with Crippen molar-refractivity contribution in [3.63, 3.8) is 0 Å². The van der Waals surface area contributed by atoms with E-state index >= 15 is 0 Å². The number of nitrogens with one attached hydrogen (secondary N) is 1. The van der Waals surface area contributed by atoms with Crippen molar-refractivity contribution in [2.75, 3.05) is 59.1 Å². The second-order valence-corrected chi connectivity index (χ2v) is 7.59. The zero-order valence-electron chi connectivity index (χ0n) is 17.7. The maximum atomic E-state index is 10.9. The van der Waals surface area contributed by atoms with Crippen molar-refractivity contribution in [3.8, 4) is 5.75 Å². The molecule has 2 fully saturated rings. The van der Waals surface area contributed by atoms with Gasteiger partial charge in [0.2, 0.25) is 0 Å². The fourth-order valence-electron chi connectivity index (χ4n) is 3.80. The molecule has 3 N–H and O–H groups in total. The smallest absolute Gasteiger partial charge is 0.255 e. The summed E-state index contributed by atoms with van der Waals surface area (Å²) in [7, 11) is 0. The van der Waals surface area contributed by atoms with Gasteiger partial charge < -0.3 is 25.4 Å². The maximum absolute atomic E-state index is 10.9. The standard InChI is InChI=1S/C21H33N5O3.HI/c1-2-23-21(24-13-17-4-3-5-19(12-17)29-16-20(22)27)26-7-6-18(15-26)14-25-8-10-28-11-9-25;/h3-5,12,18H,2,6-11,13-16H2,1H3,(H2,22,27)(H,23,24);1H. The molecule has 0 aliphatic carbocycles. The van der Waals surface area contributed by atoms with Crippen molar-refractivity contribution >= 4 is 35.8 Å². The molecular weight excluding hydrogens is 497 g/mol. The first kappa shape index (κ1) is 24.7. The Morgan fingerprint density at radius 1 is 1.33 bits per heavy atom. The molecule has 1 amide bonds. The summed E-state index contributed by atoms with van der Waals surface area (Å²) in [6, 6.07) is 7.64. The molecule has 8 nitrogen and oxygen atoms in total. The highest BCUT2D eigenvalue weighted by molar-refractivity contribution is 14.0. The molecule has 2 aliphatic heterocycles. The Morgan fingerprint density at radius 2 is 2.13 bits per heavy atom. The van der Waals surface area contributed by atoms with Gasteiger partial charge in [0.05, 0.1) is 19.8 Å². The number of morpholine rings is 1. The minimum absolute atomic E-state index is 0. The first-order chi connectivity index (χ1) is 14.1. The molecule has 0 saturated carbocycles. The lowest BCUT2D eigenvalue weighted by molar-refractivity contribution is -0.119. The summed E-state index contributed by atoms with van der Waals surface area (Å²) >= 11 is 0. The van der Waals surface area contributed by atoms with Crippen LogP contribution in [0.1, 0.15) is 18.9 Å². The van der Waals surface area contributed by atoms with Crippen LogP contribution in [0, 0.1) is 5.92 Å².